The minimum absolute atomic E-state index is 0.0440. The molecule has 0 fully saturated rings. The Bertz CT molecular complexity index is 881. The molecule has 1 atom stereocenters. The Morgan fingerprint density at radius 3 is 2.50 bits per heavy atom. The number of carbonyl (C=O) groups is 1. The average molecular weight is 380 g/mol. The number of carboxylic acid groups (broad SMARTS) is 1. The van der Waals surface area contributed by atoms with Crippen LogP contribution in [0, 0.1) is 5.92 Å². The predicted molar refractivity (Wildman–Crippen MR) is 112 cm³/mol. The molecule has 0 saturated heterocycles. The van der Waals surface area contributed by atoms with Gasteiger partial charge in [-0.15, -0.1) is 0 Å². The van der Waals surface area contributed by atoms with Crippen molar-refractivity contribution in [2.45, 2.75) is 45.7 Å². The maximum Gasteiger partial charge on any atom is 0.328 e. The topological polar surface area (TPSA) is 60.8 Å². The molecule has 0 saturated carbocycles. The van der Waals surface area contributed by atoms with Gasteiger partial charge in [0.05, 0.1) is 6.04 Å². The molecule has 1 aliphatic heterocycles. The third kappa shape index (κ3) is 4.28. The second kappa shape index (κ2) is 7.80. The van der Waals surface area contributed by atoms with Crippen molar-refractivity contribution in [2.24, 2.45) is 5.92 Å². The number of rotatable bonds is 5. The summed E-state index contributed by atoms with van der Waals surface area (Å²) >= 11 is 0. The summed E-state index contributed by atoms with van der Waals surface area (Å²) in [5, 5.41) is 18.8. The van der Waals surface area contributed by atoms with Crippen LogP contribution in [0.3, 0.4) is 0 Å². The highest BCUT2D eigenvalue weighted by atomic mass is 16.4. The van der Waals surface area contributed by atoms with Crippen LogP contribution in [-0.2, 0) is 11.2 Å². The van der Waals surface area contributed by atoms with Crippen LogP contribution in [0.5, 0.6) is 5.75 Å². The van der Waals surface area contributed by atoms with Crippen LogP contribution >= 0.6 is 0 Å². The van der Waals surface area contributed by atoms with Gasteiger partial charge in [0.25, 0.3) is 0 Å². The van der Waals surface area contributed by atoms with E-state index >= 15 is 0 Å². The highest BCUT2D eigenvalue weighted by Gasteiger charge is 2.40. The molecule has 1 aliphatic rings. The van der Waals surface area contributed by atoms with Crippen molar-refractivity contribution in [3.8, 4) is 5.75 Å². The van der Waals surface area contributed by atoms with Gasteiger partial charge in [-0.1, -0.05) is 44.2 Å². The van der Waals surface area contributed by atoms with Gasteiger partial charge in [0.15, 0.2) is 0 Å². The normalized spacial score (nSPS) is 19.1. The maximum absolute atomic E-state index is 10.8. The Labute approximate surface area is 167 Å². The number of phenolic OH excluding ortho intramolecular Hbond substituents is 1. The van der Waals surface area contributed by atoms with E-state index in [0.717, 1.165) is 24.6 Å². The first-order valence-corrected chi connectivity index (χ1v) is 9.77. The average Bonchev–Trinajstić information content (AvgIpc) is 2.60. The molecule has 0 spiro atoms. The number of aromatic hydroxyl groups is 1. The van der Waals surface area contributed by atoms with E-state index in [1.54, 1.807) is 12.1 Å². The molecule has 2 N–H and O–H groups in total. The van der Waals surface area contributed by atoms with Gasteiger partial charge in [-0.2, -0.15) is 0 Å². The van der Waals surface area contributed by atoms with Gasteiger partial charge in [-0.05, 0) is 66.6 Å². The third-order valence-corrected chi connectivity index (χ3v) is 5.37. The molecule has 28 heavy (non-hydrogen) atoms. The highest BCUT2D eigenvalue weighted by Crippen LogP contribution is 2.43. The molecule has 4 heteroatoms. The van der Waals surface area contributed by atoms with Gasteiger partial charge in [0, 0.05) is 18.2 Å². The lowest BCUT2D eigenvalue weighted by Crippen LogP contribution is -2.52. The van der Waals surface area contributed by atoms with Gasteiger partial charge < -0.3 is 10.2 Å². The van der Waals surface area contributed by atoms with Crippen LogP contribution in [0.15, 0.2) is 48.5 Å². The van der Waals surface area contributed by atoms with Crippen molar-refractivity contribution in [1.82, 2.24) is 4.90 Å². The number of benzene rings is 2. The minimum atomic E-state index is -0.949. The lowest BCUT2D eigenvalue weighted by molar-refractivity contribution is -0.131. The fraction of sp³-hybridized carbons (Fsp3) is 0.375. The summed E-state index contributed by atoms with van der Waals surface area (Å²) in [7, 11) is 0. The summed E-state index contributed by atoms with van der Waals surface area (Å²) in [5.74, 6) is -0.118. The Hall–Kier alpha value is -2.59. The highest BCUT2D eigenvalue weighted by molar-refractivity contribution is 5.85. The van der Waals surface area contributed by atoms with Crippen molar-refractivity contribution >= 4 is 12.0 Å². The SMILES string of the molecule is CC(C)CN1[C@H](c2ccc(/C=C/C(=O)O)cc2)c2ccc(O)cc2CC1(C)C. The number of carboxylic acids is 1. The molecule has 0 unspecified atom stereocenters. The second-order valence-electron chi connectivity index (χ2n) is 8.66. The Kier molecular flexibility index (Phi) is 5.61. The molecule has 0 bridgehead atoms. The number of hydrogen-bond donors (Lipinski definition) is 2. The summed E-state index contributed by atoms with van der Waals surface area (Å²) in [6.45, 7) is 9.97. The van der Waals surface area contributed by atoms with Crippen LogP contribution in [0.4, 0.5) is 0 Å². The van der Waals surface area contributed by atoms with Crippen LogP contribution in [0.25, 0.3) is 6.08 Å². The van der Waals surface area contributed by atoms with E-state index < -0.39 is 5.97 Å². The van der Waals surface area contributed by atoms with E-state index in [9.17, 15) is 9.90 Å². The van der Waals surface area contributed by atoms with Crippen molar-refractivity contribution in [3.63, 3.8) is 0 Å². The lowest BCUT2D eigenvalue weighted by atomic mass is 9.78. The Morgan fingerprint density at radius 2 is 1.89 bits per heavy atom. The molecule has 0 radical (unpaired) electrons. The van der Waals surface area contributed by atoms with Gasteiger partial charge in [0.2, 0.25) is 0 Å². The predicted octanol–water partition coefficient (Wildman–Crippen LogP) is 4.87. The van der Waals surface area contributed by atoms with Gasteiger partial charge in [-0.3, -0.25) is 4.90 Å². The molecule has 0 amide bonds. The molecule has 4 nitrogen and oxygen atoms in total. The van der Waals surface area contributed by atoms with E-state index in [2.05, 4.69) is 44.7 Å². The Morgan fingerprint density at radius 1 is 1.21 bits per heavy atom. The number of fused-ring (bicyclic) bond motifs is 1. The first-order chi connectivity index (χ1) is 13.2. The van der Waals surface area contributed by atoms with Crippen molar-refractivity contribution < 1.29 is 15.0 Å². The van der Waals surface area contributed by atoms with E-state index in [1.807, 2.05) is 24.3 Å². The fourth-order valence-electron chi connectivity index (χ4n) is 4.16. The lowest BCUT2D eigenvalue weighted by Gasteiger charge is -2.49. The first kappa shape index (κ1) is 20.2. The zero-order valence-corrected chi connectivity index (χ0v) is 17.0. The zero-order chi connectivity index (χ0) is 20.5. The second-order valence-corrected chi connectivity index (χ2v) is 8.66. The van der Waals surface area contributed by atoms with E-state index in [-0.39, 0.29) is 11.6 Å². The largest absolute Gasteiger partial charge is 0.508 e. The first-order valence-electron chi connectivity index (χ1n) is 9.77. The quantitative estimate of drug-likeness (QED) is 0.728. The van der Waals surface area contributed by atoms with Gasteiger partial charge in [-0.25, -0.2) is 4.79 Å². The van der Waals surface area contributed by atoms with E-state index in [0.29, 0.717) is 11.7 Å². The summed E-state index contributed by atoms with van der Waals surface area (Å²) in [6, 6.07) is 13.9. The fourth-order valence-corrected chi connectivity index (χ4v) is 4.16. The van der Waals surface area contributed by atoms with E-state index in [1.165, 1.54) is 16.7 Å². The Balaban J connectivity index is 2.07. The van der Waals surface area contributed by atoms with Crippen molar-refractivity contribution in [2.75, 3.05) is 6.54 Å². The molecular weight excluding hydrogens is 350 g/mol. The molecule has 2 aromatic carbocycles. The van der Waals surface area contributed by atoms with E-state index in [4.69, 9.17) is 5.11 Å². The summed E-state index contributed by atoms with van der Waals surface area (Å²) < 4.78 is 0. The zero-order valence-electron chi connectivity index (χ0n) is 17.0. The molecule has 0 aliphatic carbocycles. The van der Waals surface area contributed by atoms with Crippen LogP contribution in [0.2, 0.25) is 0 Å². The number of phenols is 1. The summed E-state index contributed by atoms with van der Waals surface area (Å²) in [4.78, 5) is 13.3. The maximum atomic E-state index is 10.8. The van der Waals surface area contributed by atoms with Crippen LogP contribution < -0.4 is 0 Å². The van der Waals surface area contributed by atoms with Crippen LogP contribution in [-0.4, -0.2) is 33.2 Å². The van der Waals surface area contributed by atoms with Gasteiger partial charge in [0.1, 0.15) is 5.75 Å². The summed E-state index contributed by atoms with van der Waals surface area (Å²) in [6.07, 6.45) is 3.65. The summed E-state index contributed by atoms with van der Waals surface area (Å²) in [5.41, 5.74) is 4.41. The molecule has 0 aromatic heterocycles. The molecule has 148 valence electrons. The standard InChI is InChI=1S/C24H29NO3/c1-16(2)15-25-23(18-8-5-17(6-9-18)7-12-22(27)28)21-11-10-20(26)13-19(21)14-24(25,3)4/h5-13,16,23,26H,14-15H2,1-4H3,(H,27,28)/b12-7+/t23-/m1/s1. The number of aliphatic carboxylic acids is 1. The van der Waals surface area contributed by atoms with Crippen molar-refractivity contribution in [3.05, 3.63) is 70.8 Å². The third-order valence-electron chi connectivity index (χ3n) is 5.37. The number of nitrogens with zero attached hydrogens (tertiary/aromatic N) is 1. The van der Waals surface area contributed by atoms with Crippen LogP contribution in [0.1, 0.15) is 56.0 Å². The van der Waals surface area contributed by atoms with Crippen molar-refractivity contribution in [1.29, 1.82) is 0 Å². The number of hydrogen-bond acceptors (Lipinski definition) is 3. The molecule has 1 heterocycles. The minimum Gasteiger partial charge on any atom is -0.508 e. The molecular formula is C24H29NO3. The monoisotopic (exact) mass is 379 g/mol. The smallest absolute Gasteiger partial charge is 0.328 e. The van der Waals surface area contributed by atoms with Gasteiger partial charge >= 0.3 is 5.97 Å². The molecule has 2 aromatic rings. The molecule has 3 rings (SSSR count).